The predicted octanol–water partition coefficient (Wildman–Crippen LogP) is 3.47. The van der Waals surface area contributed by atoms with E-state index in [1.807, 2.05) is 35.0 Å². The summed E-state index contributed by atoms with van der Waals surface area (Å²) in [5, 5.41) is 1.08. The van der Waals surface area contributed by atoms with E-state index in [9.17, 15) is 8.78 Å². The maximum Gasteiger partial charge on any atom is 0.131 e. The van der Waals surface area contributed by atoms with Crippen LogP contribution < -0.4 is 5.73 Å². The highest BCUT2D eigenvalue weighted by Gasteiger charge is 2.11. The molecule has 2 N–H and O–H groups in total. The molecule has 1 heterocycles. The van der Waals surface area contributed by atoms with Gasteiger partial charge in [-0.2, -0.15) is 0 Å². The van der Waals surface area contributed by atoms with Crippen molar-refractivity contribution in [2.45, 2.75) is 13.0 Å². The maximum absolute atomic E-state index is 13.8. The SMILES string of the molecule is NCCc1cccc2c1ccn2Cc1c(F)cccc1F. The molecule has 0 atom stereocenters. The molecule has 0 aliphatic rings. The second-order valence-corrected chi connectivity index (χ2v) is 5.03. The molecule has 21 heavy (non-hydrogen) atoms. The summed E-state index contributed by atoms with van der Waals surface area (Å²) in [6.07, 6.45) is 2.64. The van der Waals surface area contributed by atoms with E-state index in [0.29, 0.717) is 6.54 Å². The first-order valence-electron chi connectivity index (χ1n) is 6.90. The maximum atomic E-state index is 13.8. The van der Waals surface area contributed by atoms with Crippen LogP contribution in [0.4, 0.5) is 8.78 Å². The first-order chi connectivity index (χ1) is 10.2. The average Bonchev–Trinajstić information content (AvgIpc) is 2.88. The van der Waals surface area contributed by atoms with Crippen LogP contribution in [0.3, 0.4) is 0 Å². The van der Waals surface area contributed by atoms with E-state index >= 15 is 0 Å². The third-order valence-corrected chi connectivity index (χ3v) is 3.71. The molecule has 0 aliphatic heterocycles. The van der Waals surface area contributed by atoms with Gasteiger partial charge in [0.2, 0.25) is 0 Å². The molecule has 0 unspecified atom stereocenters. The lowest BCUT2D eigenvalue weighted by Gasteiger charge is -2.09. The highest BCUT2D eigenvalue weighted by molar-refractivity contribution is 5.83. The fourth-order valence-corrected chi connectivity index (χ4v) is 2.65. The van der Waals surface area contributed by atoms with Gasteiger partial charge in [0.05, 0.1) is 6.54 Å². The minimum atomic E-state index is -0.519. The second-order valence-electron chi connectivity index (χ2n) is 5.03. The van der Waals surface area contributed by atoms with Gasteiger partial charge in [0.25, 0.3) is 0 Å². The van der Waals surface area contributed by atoms with Crippen molar-refractivity contribution in [3.05, 3.63) is 71.4 Å². The molecule has 3 rings (SSSR count). The third kappa shape index (κ3) is 2.54. The number of fused-ring (bicyclic) bond motifs is 1. The number of hydrogen-bond donors (Lipinski definition) is 1. The van der Waals surface area contributed by atoms with E-state index in [0.717, 1.165) is 22.9 Å². The van der Waals surface area contributed by atoms with Gasteiger partial charge in [0.1, 0.15) is 11.6 Å². The number of nitrogens with zero attached hydrogens (tertiary/aromatic N) is 1. The van der Waals surface area contributed by atoms with Crippen LogP contribution in [-0.4, -0.2) is 11.1 Å². The van der Waals surface area contributed by atoms with Gasteiger partial charge in [-0.15, -0.1) is 0 Å². The van der Waals surface area contributed by atoms with Crippen molar-refractivity contribution in [2.75, 3.05) is 6.54 Å². The summed E-state index contributed by atoms with van der Waals surface area (Å²) in [6.45, 7) is 0.750. The van der Waals surface area contributed by atoms with Crippen molar-refractivity contribution in [2.24, 2.45) is 5.73 Å². The molecule has 0 aliphatic carbocycles. The zero-order valence-corrected chi connectivity index (χ0v) is 11.5. The van der Waals surface area contributed by atoms with Gasteiger partial charge >= 0.3 is 0 Å². The van der Waals surface area contributed by atoms with Crippen molar-refractivity contribution in [1.29, 1.82) is 0 Å². The molecular weight excluding hydrogens is 270 g/mol. The first kappa shape index (κ1) is 13.8. The van der Waals surface area contributed by atoms with Gasteiger partial charge < -0.3 is 10.3 Å². The molecular formula is C17H16F2N2. The van der Waals surface area contributed by atoms with Crippen LogP contribution in [0.5, 0.6) is 0 Å². The first-order valence-corrected chi connectivity index (χ1v) is 6.90. The standard InChI is InChI=1S/C17H16F2N2/c18-15-4-2-5-16(19)14(15)11-21-10-8-13-12(7-9-20)3-1-6-17(13)21/h1-6,8,10H,7,9,11,20H2. The van der Waals surface area contributed by atoms with Crippen molar-refractivity contribution in [1.82, 2.24) is 4.57 Å². The van der Waals surface area contributed by atoms with Crippen LogP contribution in [0, 0.1) is 11.6 Å². The monoisotopic (exact) mass is 286 g/mol. The Morgan fingerprint density at radius 3 is 2.38 bits per heavy atom. The number of rotatable bonds is 4. The Morgan fingerprint density at radius 2 is 1.67 bits per heavy atom. The molecule has 0 radical (unpaired) electrons. The molecule has 0 fully saturated rings. The number of halogens is 2. The van der Waals surface area contributed by atoms with Crippen LogP contribution in [0.25, 0.3) is 10.9 Å². The third-order valence-electron chi connectivity index (χ3n) is 3.71. The largest absolute Gasteiger partial charge is 0.343 e. The Kier molecular flexibility index (Phi) is 3.71. The number of hydrogen-bond acceptors (Lipinski definition) is 1. The molecule has 2 aromatic carbocycles. The fourth-order valence-electron chi connectivity index (χ4n) is 2.65. The normalized spacial score (nSPS) is 11.2. The Labute approximate surface area is 121 Å². The summed E-state index contributed by atoms with van der Waals surface area (Å²) in [7, 11) is 0. The number of benzene rings is 2. The van der Waals surface area contributed by atoms with Crippen LogP contribution in [0.15, 0.2) is 48.7 Å². The van der Waals surface area contributed by atoms with Crippen molar-refractivity contribution >= 4 is 10.9 Å². The highest BCUT2D eigenvalue weighted by Crippen LogP contribution is 2.23. The minimum Gasteiger partial charge on any atom is -0.343 e. The molecule has 108 valence electrons. The highest BCUT2D eigenvalue weighted by atomic mass is 19.1. The summed E-state index contributed by atoms with van der Waals surface area (Å²) in [5.74, 6) is -1.04. The van der Waals surface area contributed by atoms with Crippen LogP contribution in [0.2, 0.25) is 0 Å². The van der Waals surface area contributed by atoms with Crippen molar-refractivity contribution in [3.63, 3.8) is 0 Å². The topological polar surface area (TPSA) is 30.9 Å². The molecule has 0 spiro atoms. The average molecular weight is 286 g/mol. The minimum absolute atomic E-state index is 0.0826. The van der Waals surface area contributed by atoms with E-state index < -0.39 is 11.6 Å². The molecule has 1 aromatic heterocycles. The molecule has 4 heteroatoms. The lowest BCUT2D eigenvalue weighted by molar-refractivity contribution is 0.547. The van der Waals surface area contributed by atoms with Crippen LogP contribution in [-0.2, 0) is 13.0 Å². The molecule has 2 nitrogen and oxygen atoms in total. The fraction of sp³-hybridized carbons (Fsp3) is 0.176. The van der Waals surface area contributed by atoms with Gasteiger partial charge in [-0.1, -0.05) is 18.2 Å². The summed E-state index contributed by atoms with van der Waals surface area (Å²) in [4.78, 5) is 0. The molecule has 3 aromatic rings. The number of nitrogens with two attached hydrogens (primary N) is 1. The van der Waals surface area contributed by atoms with E-state index in [1.54, 1.807) is 0 Å². The molecule has 0 bridgehead atoms. The lowest BCUT2D eigenvalue weighted by Crippen LogP contribution is -2.04. The summed E-state index contributed by atoms with van der Waals surface area (Å²) in [6, 6.07) is 11.8. The van der Waals surface area contributed by atoms with Gasteiger partial charge in [0.15, 0.2) is 0 Å². The van der Waals surface area contributed by atoms with Gasteiger partial charge in [-0.3, -0.25) is 0 Å². The Balaban J connectivity index is 2.04. The smallest absolute Gasteiger partial charge is 0.131 e. The summed E-state index contributed by atoms with van der Waals surface area (Å²) >= 11 is 0. The van der Waals surface area contributed by atoms with Crippen molar-refractivity contribution < 1.29 is 8.78 Å². The van der Waals surface area contributed by atoms with Gasteiger partial charge in [0, 0.05) is 22.7 Å². The quantitative estimate of drug-likeness (QED) is 0.782. The molecule has 0 saturated carbocycles. The van der Waals surface area contributed by atoms with E-state index in [2.05, 4.69) is 0 Å². The predicted molar refractivity (Wildman–Crippen MR) is 80.2 cm³/mol. The van der Waals surface area contributed by atoms with Gasteiger partial charge in [-0.25, -0.2) is 8.78 Å². The van der Waals surface area contributed by atoms with Gasteiger partial charge in [-0.05, 0) is 42.8 Å². The molecule has 0 amide bonds. The zero-order valence-electron chi connectivity index (χ0n) is 11.5. The van der Waals surface area contributed by atoms with E-state index in [1.165, 1.54) is 18.2 Å². The molecule has 0 saturated heterocycles. The Bertz CT molecular complexity index is 757. The van der Waals surface area contributed by atoms with E-state index in [4.69, 9.17) is 5.73 Å². The zero-order chi connectivity index (χ0) is 14.8. The van der Waals surface area contributed by atoms with Crippen LogP contribution >= 0.6 is 0 Å². The second kappa shape index (κ2) is 5.66. The number of aromatic nitrogens is 1. The van der Waals surface area contributed by atoms with Crippen molar-refractivity contribution in [3.8, 4) is 0 Å². The summed E-state index contributed by atoms with van der Waals surface area (Å²) in [5.41, 5.74) is 7.82. The van der Waals surface area contributed by atoms with E-state index in [-0.39, 0.29) is 12.1 Å². The Hall–Kier alpha value is -2.20. The lowest BCUT2D eigenvalue weighted by atomic mass is 10.1. The summed E-state index contributed by atoms with van der Waals surface area (Å²) < 4.78 is 29.4. The van der Waals surface area contributed by atoms with Crippen LogP contribution in [0.1, 0.15) is 11.1 Å². The Morgan fingerprint density at radius 1 is 0.952 bits per heavy atom.